The maximum atomic E-state index is 12.1. The molecule has 1 heterocycles. The van der Waals surface area contributed by atoms with Gasteiger partial charge in [0.05, 0.1) is 11.1 Å². The molecule has 0 fully saturated rings. The molecular formula is C27H32N3O4S+. The second kappa shape index (κ2) is 13.9. The number of hydrogen-bond donors (Lipinski definition) is 2. The molecule has 0 saturated heterocycles. The molecule has 0 aliphatic carbocycles. The number of hydrogen-bond acceptors (Lipinski definition) is 4. The van der Waals surface area contributed by atoms with E-state index in [9.17, 15) is 13.2 Å². The van der Waals surface area contributed by atoms with Gasteiger partial charge in [-0.05, 0) is 49.1 Å². The lowest BCUT2D eigenvalue weighted by Gasteiger charge is -2.02. The minimum atomic E-state index is -4.02. The Hall–Kier alpha value is -3.62. The Balaban J connectivity index is 0.000000328. The first kappa shape index (κ1) is 27.6. The zero-order valence-corrected chi connectivity index (χ0v) is 21.1. The van der Waals surface area contributed by atoms with E-state index in [0.29, 0.717) is 5.56 Å². The van der Waals surface area contributed by atoms with Crippen molar-refractivity contribution < 1.29 is 22.3 Å². The Kier molecular flexibility index (Phi) is 11.0. The molecule has 0 saturated carbocycles. The summed E-state index contributed by atoms with van der Waals surface area (Å²) in [5.41, 5.74) is 6.37. The Morgan fingerprint density at radius 3 is 2.34 bits per heavy atom. The molecule has 0 spiro atoms. The van der Waals surface area contributed by atoms with Crippen molar-refractivity contribution in [2.75, 3.05) is 0 Å². The summed E-state index contributed by atoms with van der Waals surface area (Å²) in [6, 6.07) is 19.7. The van der Waals surface area contributed by atoms with Crippen LogP contribution in [0.1, 0.15) is 47.7 Å². The fraction of sp³-hybridized carbons (Fsp3) is 0.222. The van der Waals surface area contributed by atoms with E-state index in [1.165, 1.54) is 12.1 Å². The number of carbonyl (C=O) groups excluding carboxylic acids is 1. The molecule has 0 aliphatic rings. The van der Waals surface area contributed by atoms with Crippen LogP contribution in [0, 0.1) is 6.92 Å². The molecule has 3 aromatic rings. The average Bonchev–Trinajstić information content (AvgIpc) is 2.83. The smallest absolute Gasteiger partial charge is 0.282 e. The number of unbranched alkanes of at least 4 members (excludes halogenated alkanes) is 1. The van der Waals surface area contributed by atoms with Gasteiger partial charge in [-0.25, -0.2) is 9.99 Å². The minimum Gasteiger partial charge on any atom is -0.282 e. The lowest BCUT2D eigenvalue weighted by molar-refractivity contribution is -0.671. The number of aromatic nitrogens is 1. The number of benzene rings is 2. The maximum absolute atomic E-state index is 12.1. The van der Waals surface area contributed by atoms with Crippen LogP contribution in [0.3, 0.4) is 0 Å². The number of nitrogens with zero attached hydrogens (tertiary/aromatic N) is 2. The molecule has 3 rings (SSSR count). The van der Waals surface area contributed by atoms with Crippen LogP contribution < -0.4 is 9.99 Å². The highest BCUT2D eigenvalue weighted by Gasteiger charge is 2.08. The zero-order chi connectivity index (χ0) is 25.7. The van der Waals surface area contributed by atoms with Gasteiger partial charge in [0.2, 0.25) is 0 Å². The fourth-order valence-electron chi connectivity index (χ4n) is 2.99. The quantitative estimate of drug-likeness (QED) is 0.204. The molecule has 2 aromatic carbocycles. The fourth-order valence-corrected chi connectivity index (χ4v) is 3.47. The predicted octanol–water partition coefficient (Wildman–Crippen LogP) is 4.74. The molecule has 0 atom stereocenters. The summed E-state index contributed by atoms with van der Waals surface area (Å²) >= 11 is 0. The SMILES string of the molecule is CCCCC(/C=N/NC(=O)c1ccc[n+](C)c1)=C\c1ccccc1.Cc1ccc(S(=O)(=O)O)cc1. The van der Waals surface area contributed by atoms with Crippen molar-refractivity contribution in [1.82, 2.24) is 5.43 Å². The lowest BCUT2D eigenvalue weighted by Crippen LogP contribution is -2.29. The third-order valence-electron chi connectivity index (χ3n) is 4.89. The van der Waals surface area contributed by atoms with E-state index >= 15 is 0 Å². The number of amides is 1. The maximum Gasteiger partial charge on any atom is 0.294 e. The van der Waals surface area contributed by atoms with Gasteiger partial charge < -0.3 is 0 Å². The highest BCUT2D eigenvalue weighted by atomic mass is 32.2. The van der Waals surface area contributed by atoms with Crippen molar-refractivity contribution >= 4 is 28.3 Å². The van der Waals surface area contributed by atoms with Gasteiger partial charge in [0.25, 0.3) is 16.0 Å². The van der Waals surface area contributed by atoms with Crippen molar-refractivity contribution in [3.63, 3.8) is 0 Å². The summed E-state index contributed by atoms with van der Waals surface area (Å²) in [6.07, 6.45) is 10.6. The summed E-state index contributed by atoms with van der Waals surface area (Å²) in [4.78, 5) is 12.0. The van der Waals surface area contributed by atoms with Gasteiger partial charge in [-0.2, -0.15) is 13.5 Å². The Morgan fingerprint density at radius 2 is 1.74 bits per heavy atom. The van der Waals surface area contributed by atoms with Crippen LogP contribution in [-0.4, -0.2) is 25.1 Å². The molecule has 1 amide bonds. The van der Waals surface area contributed by atoms with Crippen LogP contribution in [0.15, 0.2) is 94.7 Å². The molecule has 0 bridgehead atoms. The van der Waals surface area contributed by atoms with E-state index in [0.717, 1.165) is 36.0 Å². The van der Waals surface area contributed by atoms with Gasteiger partial charge >= 0.3 is 0 Å². The van der Waals surface area contributed by atoms with Crippen molar-refractivity contribution in [3.05, 3.63) is 101 Å². The van der Waals surface area contributed by atoms with Gasteiger partial charge in [0, 0.05) is 6.07 Å². The van der Waals surface area contributed by atoms with Crippen molar-refractivity contribution in [2.24, 2.45) is 12.1 Å². The Morgan fingerprint density at radius 1 is 1.06 bits per heavy atom. The summed E-state index contributed by atoms with van der Waals surface area (Å²) < 4.78 is 31.4. The molecule has 184 valence electrons. The first-order chi connectivity index (χ1) is 16.7. The topological polar surface area (TPSA) is 99.7 Å². The van der Waals surface area contributed by atoms with Crippen molar-refractivity contribution in [2.45, 2.75) is 38.0 Å². The van der Waals surface area contributed by atoms with Crippen LogP contribution in [0.4, 0.5) is 0 Å². The van der Waals surface area contributed by atoms with E-state index in [1.54, 1.807) is 30.6 Å². The second-order valence-corrected chi connectivity index (χ2v) is 9.40. The first-order valence-corrected chi connectivity index (χ1v) is 12.7. The molecule has 8 heteroatoms. The Labute approximate surface area is 207 Å². The Bertz CT molecular complexity index is 1250. The number of pyridine rings is 1. The normalized spacial score (nSPS) is 11.6. The molecule has 0 radical (unpaired) electrons. The highest BCUT2D eigenvalue weighted by molar-refractivity contribution is 7.85. The van der Waals surface area contributed by atoms with Gasteiger partial charge in [-0.3, -0.25) is 9.35 Å². The van der Waals surface area contributed by atoms with E-state index < -0.39 is 10.1 Å². The number of carbonyl (C=O) groups is 1. The second-order valence-electron chi connectivity index (χ2n) is 7.98. The molecule has 0 aliphatic heterocycles. The average molecular weight is 495 g/mol. The van der Waals surface area contributed by atoms with Crippen LogP contribution >= 0.6 is 0 Å². The van der Waals surface area contributed by atoms with E-state index in [2.05, 4.69) is 35.7 Å². The van der Waals surface area contributed by atoms with Crippen LogP contribution in [0.2, 0.25) is 0 Å². The molecule has 2 N–H and O–H groups in total. The van der Waals surface area contributed by atoms with Gasteiger partial charge in [-0.15, -0.1) is 0 Å². The van der Waals surface area contributed by atoms with Gasteiger partial charge in [0.15, 0.2) is 12.4 Å². The number of allylic oxidation sites excluding steroid dienone is 1. The van der Waals surface area contributed by atoms with Gasteiger partial charge in [0.1, 0.15) is 12.6 Å². The zero-order valence-electron chi connectivity index (χ0n) is 20.3. The molecule has 35 heavy (non-hydrogen) atoms. The third kappa shape index (κ3) is 10.5. The summed E-state index contributed by atoms with van der Waals surface area (Å²) in [7, 11) is -2.14. The lowest BCUT2D eigenvalue weighted by atomic mass is 10.1. The largest absolute Gasteiger partial charge is 0.294 e. The number of rotatable bonds is 8. The summed E-state index contributed by atoms with van der Waals surface area (Å²) in [6.45, 7) is 4.00. The summed E-state index contributed by atoms with van der Waals surface area (Å²) in [5, 5.41) is 4.12. The minimum absolute atomic E-state index is 0.0666. The summed E-state index contributed by atoms with van der Waals surface area (Å²) in [5.74, 6) is -0.211. The molecule has 0 unspecified atom stereocenters. The van der Waals surface area contributed by atoms with Crippen LogP contribution in [0.5, 0.6) is 0 Å². The number of aryl methyl sites for hydroxylation is 2. The van der Waals surface area contributed by atoms with Crippen LogP contribution in [-0.2, 0) is 17.2 Å². The standard InChI is InChI=1S/C20H23N3O.C7H8O3S/c1-3-4-9-18(14-17-10-6-5-7-11-17)15-21-22-20(24)19-12-8-13-23(2)16-19;1-6-2-4-7(5-3-6)11(8,9)10/h5-8,10-16H,3-4,9H2,1-2H3;2-5H,1H3,(H,8,9,10)/p+1/b18-14+,21-15+;. The van der Waals surface area contributed by atoms with Crippen molar-refractivity contribution in [1.29, 1.82) is 0 Å². The highest BCUT2D eigenvalue weighted by Crippen LogP contribution is 2.11. The van der Waals surface area contributed by atoms with Crippen LogP contribution in [0.25, 0.3) is 6.08 Å². The predicted molar refractivity (Wildman–Crippen MR) is 139 cm³/mol. The number of hydrazone groups is 1. The monoisotopic (exact) mass is 494 g/mol. The molecular weight excluding hydrogens is 462 g/mol. The van der Waals surface area contributed by atoms with E-state index in [4.69, 9.17) is 4.55 Å². The first-order valence-electron chi connectivity index (χ1n) is 11.3. The van der Waals surface area contributed by atoms with Crippen molar-refractivity contribution in [3.8, 4) is 0 Å². The van der Waals surface area contributed by atoms with E-state index in [1.807, 2.05) is 49.0 Å². The number of nitrogens with one attached hydrogen (secondary N) is 1. The molecule has 1 aromatic heterocycles. The van der Waals surface area contributed by atoms with Gasteiger partial charge in [-0.1, -0.05) is 67.4 Å². The third-order valence-corrected chi connectivity index (χ3v) is 5.76. The van der Waals surface area contributed by atoms with E-state index in [-0.39, 0.29) is 10.8 Å². The molecule has 7 nitrogen and oxygen atoms in total.